The molecule has 3 N–H and O–H groups in total. The molecule has 3 rings (SSSR count). The average Bonchev–Trinajstić information content (AvgIpc) is 2.74. The van der Waals surface area contributed by atoms with Gasteiger partial charge in [0.1, 0.15) is 6.61 Å². The van der Waals surface area contributed by atoms with Crippen LogP contribution in [0.25, 0.3) is 0 Å². The van der Waals surface area contributed by atoms with Crippen molar-refractivity contribution < 1.29 is 14.3 Å². The molecule has 0 aromatic heterocycles. The number of carbonyl (C=O) groups excluding carboxylic acids is 2. The van der Waals surface area contributed by atoms with Gasteiger partial charge >= 0.3 is 6.09 Å². The molecule has 6 nitrogen and oxygen atoms in total. The second-order valence-electron chi connectivity index (χ2n) is 7.71. The maximum absolute atomic E-state index is 12.3. The van der Waals surface area contributed by atoms with E-state index in [1.807, 2.05) is 35.2 Å². The molecule has 0 atom stereocenters. The number of hydrogen-bond acceptors (Lipinski definition) is 4. The number of nitrogens with one attached hydrogen (secondary N) is 1. The summed E-state index contributed by atoms with van der Waals surface area (Å²) >= 11 is 6.38. The molecule has 0 spiro atoms. The van der Waals surface area contributed by atoms with E-state index in [9.17, 15) is 9.59 Å². The van der Waals surface area contributed by atoms with E-state index < -0.39 is 6.09 Å². The van der Waals surface area contributed by atoms with Crippen LogP contribution in [0.5, 0.6) is 0 Å². The summed E-state index contributed by atoms with van der Waals surface area (Å²) in [5.74, 6) is 0.00664. The molecule has 0 aliphatic heterocycles. The van der Waals surface area contributed by atoms with Crippen molar-refractivity contribution in [2.24, 2.45) is 5.73 Å². The van der Waals surface area contributed by atoms with E-state index in [0.717, 1.165) is 36.8 Å². The number of amides is 2. The lowest BCUT2D eigenvalue weighted by Crippen LogP contribution is -2.42. The standard InChI is InChI=1S/C23H28ClN3O3/c1-16(28)27(21-10-7-19(25)8-11-21)14-18-13-20(9-12-22(18)24)26-23(29)30-15-17-5-3-2-4-6-17/h2-6,9,12-13,19,21H,7-8,10-11,14-15,25H2,1H3,(H,26,29). The first-order chi connectivity index (χ1) is 14.4. The third kappa shape index (κ3) is 6.21. The van der Waals surface area contributed by atoms with Crippen LogP contribution in [0.4, 0.5) is 10.5 Å². The van der Waals surface area contributed by atoms with E-state index in [1.165, 1.54) is 0 Å². The van der Waals surface area contributed by atoms with Gasteiger partial charge in [0.25, 0.3) is 0 Å². The first kappa shape index (κ1) is 22.1. The van der Waals surface area contributed by atoms with Gasteiger partial charge in [0, 0.05) is 36.3 Å². The predicted octanol–water partition coefficient (Wildman–Crippen LogP) is 4.71. The molecule has 0 unspecified atom stereocenters. The molecule has 1 fully saturated rings. The number of rotatable bonds is 6. The lowest BCUT2D eigenvalue weighted by Gasteiger charge is -2.35. The number of halogens is 1. The molecule has 2 amide bonds. The Kier molecular flexibility index (Phi) is 7.71. The van der Waals surface area contributed by atoms with Gasteiger partial charge in [-0.2, -0.15) is 0 Å². The van der Waals surface area contributed by atoms with Gasteiger partial charge in [0.05, 0.1) is 0 Å². The van der Waals surface area contributed by atoms with E-state index in [0.29, 0.717) is 17.3 Å². The summed E-state index contributed by atoms with van der Waals surface area (Å²) < 4.78 is 5.27. The molecule has 2 aromatic carbocycles. The number of nitrogens with two attached hydrogens (primary N) is 1. The van der Waals surface area contributed by atoms with Crippen LogP contribution in [0.15, 0.2) is 48.5 Å². The van der Waals surface area contributed by atoms with Gasteiger partial charge in [-0.25, -0.2) is 4.79 Å². The number of carbonyl (C=O) groups is 2. The summed E-state index contributed by atoms with van der Waals surface area (Å²) in [7, 11) is 0. The third-order valence-electron chi connectivity index (χ3n) is 5.43. The molecular weight excluding hydrogens is 402 g/mol. The lowest BCUT2D eigenvalue weighted by atomic mass is 9.90. The van der Waals surface area contributed by atoms with Crippen LogP contribution >= 0.6 is 11.6 Å². The molecule has 160 valence electrons. The minimum absolute atomic E-state index is 0.00664. The van der Waals surface area contributed by atoms with Crippen molar-refractivity contribution >= 4 is 29.3 Å². The van der Waals surface area contributed by atoms with Crippen molar-refractivity contribution in [3.8, 4) is 0 Å². The molecule has 30 heavy (non-hydrogen) atoms. The SMILES string of the molecule is CC(=O)N(Cc1cc(NC(=O)OCc2ccccc2)ccc1Cl)C1CCC(N)CC1. The Labute approximate surface area is 182 Å². The number of hydrogen-bond donors (Lipinski definition) is 2. The minimum atomic E-state index is -0.545. The second kappa shape index (κ2) is 10.5. The first-order valence-corrected chi connectivity index (χ1v) is 10.6. The molecule has 7 heteroatoms. The Hall–Kier alpha value is -2.57. The van der Waals surface area contributed by atoms with Crippen molar-refractivity contribution in [2.45, 2.75) is 57.8 Å². The van der Waals surface area contributed by atoms with Crippen LogP contribution in [0.1, 0.15) is 43.7 Å². The Balaban J connectivity index is 1.63. The summed E-state index contributed by atoms with van der Waals surface area (Å²) in [5, 5.41) is 3.28. The highest BCUT2D eigenvalue weighted by molar-refractivity contribution is 6.31. The summed E-state index contributed by atoms with van der Waals surface area (Å²) in [6, 6.07) is 15.1. The van der Waals surface area contributed by atoms with Crippen LogP contribution in [0, 0.1) is 0 Å². The molecule has 0 radical (unpaired) electrons. The molecule has 0 bridgehead atoms. The molecule has 0 heterocycles. The quantitative estimate of drug-likeness (QED) is 0.696. The van der Waals surface area contributed by atoms with Gasteiger partial charge in [-0.3, -0.25) is 10.1 Å². The molecule has 0 saturated heterocycles. The molecule has 1 saturated carbocycles. The Morgan fingerprint density at radius 3 is 2.50 bits per heavy atom. The third-order valence-corrected chi connectivity index (χ3v) is 5.80. The Morgan fingerprint density at radius 1 is 1.13 bits per heavy atom. The lowest BCUT2D eigenvalue weighted by molar-refractivity contribution is -0.132. The zero-order chi connectivity index (χ0) is 21.5. The maximum atomic E-state index is 12.3. The van der Waals surface area contributed by atoms with E-state index in [4.69, 9.17) is 22.1 Å². The zero-order valence-corrected chi connectivity index (χ0v) is 17.9. The fraction of sp³-hybridized carbons (Fsp3) is 0.391. The number of benzene rings is 2. The summed E-state index contributed by atoms with van der Waals surface area (Å²) in [4.78, 5) is 26.3. The smallest absolute Gasteiger partial charge is 0.411 e. The molecule has 1 aliphatic rings. The van der Waals surface area contributed by atoms with Crippen molar-refractivity contribution in [3.05, 3.63) is 64.7 Å². The monoisotopic (exact) mass is 429 g/mol. The largest absolute Gasteiger partial charge is 0.444 e. The fourth-order valence-corrected chi connectivity index (χ4v) is 3.92. The highest BCUT2D eigenvalue weighted by Gasteiger charge is 2.26. The maximum Gasteiger partial charge on any atom is 0.411 e. The van der Waals surface area contributed by atoms with Crippen LogP contribution in [0.2, 0.25) is 5.02 Å². The van der Waals surface area contributed by atoms with Gasteiger partial charge in [0.15, 0.2) is 0 Å². The highest BCUT2D eigenvalue weighted by atomic mass is 35.5. The van der Waals surface area contributed by atoms with Crippen molar-refractivity contribution in [1.29, 1.82) is 0 Å². The van der Waals surface area contributed by atoms with E-state index in [2.05, 4.69) is 5.32 Å². The first-order valence-electron chi connectivity index (χ1n) is 10.2. The van der Waals surface area contributed by atoms with Crippen LogP contribution in [-0.2, 0) is 22.7 Å². The van der Waals surface area contributed by atoms with Crippen molar-refractivity contribution in [3.63, 3.8) is 0 Å². The van der Waals surface area contributed by atoms with Gasteiger partial charge < -0.3 is 15.4 Å². The van der Waals surface area contributed by atoms with E-state index >= 15 is 0 Å². The zero-order valence-electron chi connectivity index (χ0n) is 17.1. The molecule has 1 aliphatic carbocycles. The second-order valence-corrected chi connectivity index (χ2v) is 8.12. The fourth-order valence-electron chi connectivity index (χ4n) is 3.75. The van der Waals surface area contributed by atoms with E-state index in [1.54, 1.807) is 25.1 Å². The Morgan fingerprint density at radius 2 is 1.83 bits per heavy atom. The molecule has 2 aromatic rings. The van der Waals surface area contributed by atoms with Crippen molar-refractivity contribution in [1.82, 2.24) is 4.90 Å². The minimum Gasteiger partial charge on any atom is -0.444 e. The summed E-state index contributed by atoms with van der Waals surface area (Å²) in [6.07, 6.45) is 3.06. The number of ether oxygens (including phenoxy) is 1. The van der Waals surface area contributed by atoms with Crippen LogP contribution in [0.3, 0.4) is 0 Å². The van der Waals surface area contributed by atoms with Crippen molar-refractivity contribution in [2.75, 3.05) is 5.32 Å². The van der Waals surface area contributed by atoms with E-state index in [-0.39, 0.29) is 24.6 Å². The normalized spacial score (nSPS) is 18.5. The average molecular weight is 430 g/mol. The predicted molar refractivity (Wildman–Crippen MR) is 118 cm³/mol. The number of nitrogens with zero attached hydrogens (tertiary/aromatic N) is 1. The van der Waals surface area contributed by atoms with Gasteiger partial charge in [0.2, 0.25) is 5.91 Å². The van der Waals surface area contributed by atoms with Gasteiger partial charge in [-0.15, -0.1) is 0 Å². The number of anilines is 1. The Bertz CT molecular complexity index is 867. The topological polar surface area (TPSA) is 84.7 Å². The van der Waals surface area contributed by atoms with Crippen LogP contribution in [-0.4, -0.2) is 29.0 Å². The highest BCUT2D eigenvalue weighted by Crippen LogP contribution is 2.27. The van der Waals surface area contributed by atoms with Gasteiger partial charge in [-0.1, -0.05) is 41.9 Å². The van der Waals surface area contributed by atoms with Gasteiger partial charge in [-0.05, 0) is 55.0 Å². The summed E-state index contributed by atoms with van der Waals surface area (Å²) in [6.45, 7) is 2.16. The summed E-state index contributed by atoms with van der Waals surface area (Å²) in [5.41, 5.74) is 8.26. The van der Waals surface area contributed by atoms with Crippen LogP contribution < -0.4 is 11.1 Å². The molecular formula is C23H28ClN3O3.